The molecule has 28 heavy (non-hydrogen) atoms. The Morgan fingerprint density at radius 3 is 2.50 bits per heavy atom. The quantitative estimate of drug-likeness (QED) is 0.317. The molecule has 1 unspecified atom stereocenters. The van der Waals surface area contributed by atoms with Gasteiger partial charge in [0.2, 0.25) is 0 Å². The average Bonchev–Trinajstić information content (AvgIpc) is 3.10. The molecule has 0 spiro atoms. The van der Waals surface area contributed by atoms with Gasteiger partial charge in [0.25, 0.3) is 0 Å². The van der Waals surface area contributed by atoms with Crippen LogP contribution in [0.25, 0.3) is 0 Å². The van der Waals surface area contributed by atoms with Crippen molar-refractivity contribution in [3.05, 3.63) is 35.9 Å². The smallest absolute Gasteiger partial charge is 0.193 e. The van der Waals surface area contributed by atoms with Crippen molar-refractivity contribution in [3.8, 4) is 0 Å². The van der Waals surface area contributed by atoms with E-state index >= 15 is 0 Å². The van der Waals surface area contributed by atoms with Crippen LogP contribution in [0.2, 0.25) is 0 Å². The van der Waals surface area contributed by atoms with E-state index in [1.54, 1.807) is 0 Å². The molecule has 1 N–H and O–H groups in total. The minimum atomic E-state index is 0. The summed E-state index contributed by atoms with van der Waals surface area (Å²) in [7, 11) is 1.88. The molecule has 6 heteroatoms. The number of likely N-dealkylation sites (tertiary alicyclic amines) is 1. The molecule has 1 saturated heterocycles. The Labute approximate surface area is 188 Å². The van der Waals surface area contributed by atoms with Gasteiger partial charge in [0, 0.05) is 51.2 Å². The topological polar surface area (TPSA) is 40.1 Å². The van der Waals surface area contributed by atoms with Crippen LogP contribution in [0.1, 0.15) is 39.7 Å². The summed E-state index contributed by atoms with van der Waals surface area (Å²) in [4.78, 5) is 9.36. The van der Waals surface area contributed by atoms with Crippen molar-refractivity contribution in [2.75, 3.05) is 39.8 Å². The van der Waals surface area contributed by atoms with Crippen molar-refractivity contribution in [2.24, 2.45) is 10.9 Å². The first-order valence-electron chi connectivity index (χ1n) is 10.3. The van der Waals surface area contributed by atoms with E-state index in [9.17, 15) is 0 Å². The van der Waals surface area contributed by atoms with Gasteiger partial charge in [-0.15, -0.1) is 24.0 Å². The lowest BCUT2D eigenvalue weighted by Crippen LogP contribution is -2.46. The van der Waals surface area contributed by atoms with Gasteiger partial charge in [0.15, 0.2) is 5.96 Å². The Kier molecular flexibility index (Phi) is 12.0. The fraction of sp³-hybridized carbons (Fsp3) is 0.682. The van der Waals surface area contributed by atoms with Gasteiger partial charge in [-0.3, -0.25) is 9.89 Å². The van der Waals surface area contributed by atoms with E-state index in [1.807, 2.05) is 13.1 Å². The number of halogens is 1. The van der Waals surface area contributed by atoms with E-state index in [0.717, 1.165) is 38.7 Å². The minimum Gasteiger partial charge on any atom is -0.376 e. The SMILES string of the molecule is CN=C(NCCN(C(C)C)C(C)C)N1CCC(COCc2ccccc2)C1.I. The van der Waals surface area contributed by atoms with E-state index in [4.69, 9.17) is 4.74 Å². The number of rotatable bonds is 9. The Hall–Kier alpha value is -0.860. The second kappa shape index (κ2) is 13.4. The fourth-order valence-corrected chi connectivity index (χ4v) is 3.82. The molecule has 1 atom stereocenters. The van der Waals surface area contributed by atoms with Crippen molar-refractivity contribution in [3.63, 3.8) is 0 Å². The van der Waals surface area contributed by atoms with Gasteiger partial charge in [-0.1, -0.05) is 30.3 Å². The van der Waals surface area contributed by atoms with Crippen LogP contribution in [0.3, 0.4) is 0 Å². The molecule has 0 bridgehead atoms. The van der Waals surface area contributed by atoms with Gasteiger partial charge >= 0.3 is 0 Å². The Morgan fingerprint density at radius 1 is 1.21 bits per heavy atom. The highest BCUT2D eigenvalue weighted by Gasteiger charge is 2.25. The van der Waals surface area contributed by atoms with E-state index in [1.165, 1.54) is 12.0 Å². The monoisotopic (exact) mass is 502 g/mol. The third kappa shape index (κ3) is 8.25. The summed E-state index contributed by atoms with van der Waals surface area (Å²) >= 11 is 0. The standard InChI is InChI=1S/C22H38N4O.HI/c1-18(2)26(19(3)4)14-12-24-22(23-5)25-13-11-21(15-25)17-27-16-20-9-7-6-8-10-20;/h6-10,18-19,21H,11-17H2,1-5H3,(H,23,24);1H. The maximum atomic E-state index is 5.94. The fourth-order valence-electron chi connectivity index (χ4n) is 3.82. The second-order valence-electron chi connectivity index (χ2n) is 8.00. The van der Waals surface area contributed by atoms with E-state index in [0.29, 0.717) is 24.6 Å². The molecule has 1 fully saturated rings. The third-order valence-corrected chi connectivity index (χ3v) is 5.24. The van der Waals surface area contributed by atoms with Crippen LogP contribution < -0.4 is 5.32 Å². The van der Waals surface area contributed by atoms with Crippen LogP contribution in [0.5, 0.6) is 0 Å². The van der Waals surface area contributed by atoms with Gasteiger partial charge in [0.05, 0.1) is 13.2 Å². The summed E-state index contributed by atoms with van der Waals surface area (Å²) in [5.74, 6) is 1.60. The molecule has 0 aliphatic carbocycles. The number of nitrogens with zero attached hydrogens (tertiary/aromatic N) is 3. The third-order valence-electron chi connectivity index (χ3n) is 5.24. The number of hydrogen-bond donors (Lipinski definition) is 1. The van der Waals surface area contributed by atoms with E-state index < -0.39 is 0 Å². The summed E-state index contributed by atoms with van der Waals surface area (Å²) in [6, 6.07) is 11.5. The van der Waals surface area contributed by atoms with Gasteiger partial charge in [-0.2, -0.15) is 0 Å². The molecule has 1 aliphatic heterocycles. The lowest BCUT2D eigenvalue weighted by molar-refractivity contribution is 0.0906. The summed E-state index contributed by atoms with van der Waals surface area (Å²) < 4.78 is 5.94. The molecular weight excluding hydrogens is 463 g/mol. The zero-order valence-corrected chi connectivity index (χ0v) is 20.6. The number of guanidine groups is 1. The maximum absolute atomic E-state index is 5.94. The summed E-state index contributed by atoms with van der Waals surface area (Å²) in [6.07, 6.45) is 1.17. The number of nitrogens with one attached hydrogen (secondary N) is 1. The predicted octanol–water partition coefficient (Wildman–Crippen LogP) is 3.84. The summed E-state index contributed by atoms with van der Waals surface area (Å²) in [6.45, 7) is 14.6. The Morgan fingerprint density at radius 2 is 1.89 bits per heavy atom. The number of aliphatic imine (C=N–C) groups is 1. The highest BCUT2D eigenvalue weighted by Crippen LogP contribution is 2.17. The molecular formula is C22H39IN4O. The zero-order valence-electron chi connectivity index (χ0n) is 18.2. The van der Waals surface area contributed by atoms with Crippen LogP contribution in [-0.2, 0) is 11.3 Å². The Balaban J connectivity index is 0.00000392. The summed E-state index contributed by atoms with van der Waals surface area (Å²) in [5, 5.41) is 3.55. The van der Waals surface area contributed by atoms with Crippen LogP contribution >= 0.6 is 24.0 Å². The van der Waals surface area contributed by atoms with Crippen molar-refractivity contribution in [1.29, 1.82) is 0 Å². The molecule has 0 radical (unpaired) electrons. The molecule has 0 aromatic heterocycles. The predicted molar refractivity (Wildman–Crippen MR) is 130 cm³/mol. The van der Waals surface area contributed by atoms with E-state index in [2.05, 4.69) is 72.1 Å². The summed E-state index contributed by atoms with van der Waals surface area (Å²) in [5.41, 5.74) is 1.24. The first kappa shape index (κ1) is 25.2. The van der Waals surface area contributed by atoms with E-state index in [-0.39, 0.29) is 24.0 Å². The highest BCUT2D eigenvalue weighted by molar-refractivity contribution is 14.0. The lowest BCUT2D eigenvalue weighted by Gasteiger charge is -2.31. The van der Waals surface area contributed by atoms with Crippen LogP contribution in [-0.4, -0.2) is 67.7 Å². The van der Waals surface area contributed by atoms with Gasteiger partial charge < -0.3 is 15.0 Å². The second-order valence-corrected chi connectivity index (χ2v) is 8.00. The van der Waals surface area contributed by atoms with Crippen molar-refractivity contribution >= 4 is 29.9 Å². The average molecular weight is 502 g/mol. The van der Waals surface area contributed by atoms with Gasteiger partial charge in [0.1, 0.15) is 0 Å². The first-order chi connectivity index (χ1) is 13.0. The zero-order chi connectivity index (χ0) is 19.6. The minimum absolute atomic E-state index is 0. The maximum Gasteiger partial charge on any atom is 0.193 e. The van der Waals surface area contributed by atoms with Crippen LogP contribution in [0, 0.1) is 5.92 Å². The van der Waals surface area contributed by atoms with Crippen molar-refractivity contribution in [1.82, 2.24) is 15.1 Å². The number of ether oxygens (including phenoxy) is 1. The molecule has 2 rings (SSSR count). The van der Waals surface area contributed by atoms with Crippen LogP contribution in [0.4, 0.5) is 0 Å². The first-order valence-corrected chi connectivity index (χ1v) is 10.3. The molecule has 5 nitrogen and oxygen atoms in total. The van der Waals surface area contributed by atoms with Crippen molar-refractivity contribution < 1.29 is 4.74 Å². The van der Waals surface area contributed by atoms with Gasteiger partial charge in [-0.25, -0.2) is 0 Å². The molecule has 1 aliphatic rings. The molecule has 1 heterocycles. The molecule has 0 amide bonds. The molecule has 0 saturated carbocycles. The largest absolute Gasteiger partial charge is 0.376 e. The lowest BCUT2D eigenvalue weighted by atomic mass is 10.1. The van der Waals surface area contributed by atoms with Gasteiger partial charge in [-0.05, 0) is 39.7 Å². The normalized spacial score (nSPS) is 17.5. The van der Waals surface area contributed by atoms with Crippen molar-refractivity contribution in [2.45, 2.75) is 52.8 Å². The van der Waals surface area contributed by atoms with Crippen LogP contribution in [0.15, 0.2) is 35.3 Å². The molecule has 1 aromatic carbocycles. The molecule has 1 aromatic rings. The number of benzene rings is 1. The number of hydrogen-bond acceptors (Lipinski definition) is 3. The Bertz CT molecular complexity index is 557. The highest BCUT2D eigenvalue weighted by atomic mass is 127. The molecule has 160 valence electrons.